The summed E-state index contributed by atoms with van der Waals surface area (Å²) in [5.74, 6) is 2.94. The first kappa shape index (κ1) is 24.1. The van der Waals surface area contributed by atoms with Crippen LogP contribution in [0.2, 0.25) is 0 Å². The number of rotatable bonds is 10. The minimum atomic E-state index is 0.562. The second kappa shape index (κ2) is 11.9. The van der Waals surface area contributed by atoms with Gasteiger partial charge in [-0.1, -0.05) is 0 Å². The van der Waals surface area contributed by atoms with Gasteiger partial charge in [0.05, 0.1) is 25.6 Å². The Labute approximate surface area is 213 Å². The third-order valence-corrected chi connectivity index (χ3v) is 6.75. The van der Waals surface area contributed by atoms with Crippen molar-refractivity contribution in [3.63, 3.8) is 0 Å². The molecule has 0 spiro atoms. The Balaban J connectivity index is 1.18. The number of piperazine rings is 1. The van der Waals surface area contributed by atoms with E-state index in [4.69, 9.17) is 14.5 Å². The van der Waals surface area contributed by atoms with E-state index in [0.717, 1.165) is 67.8 Å². The first-order valence-corrected chi connectivity index (χ1v) is 12.8. The van der Waals surface area contributed by atoms with Crippen LogP contribution in [0, 0.1) is 0 Å². The van der Waals surface area contributed by atoms with Crippen molar-refractivity contribution < 1.29 is 9.47 Å². The van der Waals surface area contributed by atoms with E-state index in [1.54, 1.807) is 13.3 Å². The van der Waals surface area contributed by atoms with Crippen LogP contribution in [0.4, 0.5) is 23.1 Å². The second-order valence-corrected chi connectivity index (χ2v) is 9.17. The van der Waals surface area contributed by atoms with E-state index >= 15 is 0 Å². The third kappa shape index (κ3) is 6.15. The lowest BCUT2D eigenvalue weighted by Crippen LogP contribution is -2.46. The van der Waals surface area contributed by atoms with Gasteiger partial charge in [0.25, 0.3) is 0 Å². The summed E-state index contributed by atoms with van der Waals surface area (Å²) >= 11 is 0. The van der Waals surface area contributed by atoms with Crippen molar-refractivity contribution in [2.45, 2.75) is 19.3 Å². The maximum Gasteiger partial charge on any atom is 0.229 e. The first-order valence-electron chi connectivity index (χ1n) is 12.8. The molecule has 2 aliphatic rings. The molecular weight excluding hydrogens is 454 g/mol. The van der Waals surface area contributed by atoms with E-state index in [1.165, 1.54) is 25.9 Å². The lowest BCUT2D eigenvalue weighted by Gasteiger charge is -2.36. The van der Waals surface area contributed by atoms with Crippen LogP contribution >= 0.6 is 0 Å². The molecule has 0 unspecified atom stereocenters. The smallest absolute Gasteiger partial charge is 0.229 e. The normalized spacial score (nSPS) is 16.2. The molecule has 9 nitrogen and oxygen atoms in total. The van der Waals surface area contributed by atoms with Gasteiger partial charge >= 0.3 is 0 Å². The van der Waals surface area contributed by atoms with Crippen molar-refractivity contribution in [3.05, 3.63) is 55.0 Å². The standard InChI is InChI=1S/C27H35N7O2/c1-35-24-8-7-22(20-25(24)36-19-5-14-32-12-2-3-13-32)30-27-29-11-9-26(31-27)34-17-15-33(16-18-34)23-6-4-10-28-21-23/h4,6-11,20-21H,2-3,5,12-19H2,1H3,(H,29,30,31). The number of ether oxygens (including phenoxy) is 2. The van der Waals surface area contributed by atoms with Gasteiger partial charge in [-0.2, -0.15) is 4.98 Å². The number of benzene rings is 1. The Morgan fingerprint density at radius 2 is 1.75 bits per heavy atom. The fraction of sp³-hybridized carbons (Fsp3) is 0.444. The van der Waals surface area contributed by atoms with Crippen LogP contribution in [-0.2, 0) is 0 Å². The third-order valence-electron chi connectivity index (χ3n) is 6.75. The number of anilines is 4. The van der Waals surface area contributed by atoms with Crippen molar-refractivity contribution in [1.29, 1.82) is 0 Å². The zero-order valence-electron chi connectivity index (χ0n) is 21.0. The average Bonchev–Trinajstić information content (AvgIpc) is 3.46. The van der Waals surface area contributed by atoms with Crippen molar-refractivity contribution in [3.8, 4) is 11.5 Å². The zero-order valence-corrected chi connectivity index (χ0v) is 21.0. The summed E-state index contributed by atoms with van der Waals surface area (Å²) in [4.78, 5) is 20.6. The van der Waals surface area contributed by atoms with Crippen LogP contribution in [0.1, 0.15) is 19.3 Å². The molecule has 2 aromatic heterocycles. The molecule has 2 saturated heterocycles. The van der Waals surface area contributed by atoms with Gasteiger partial charge in [-0.05, 0) is 62.7 Å². The number of aromatic nitrogens is 3. The van der Waals surface area contributed by atoms with Crippen LogP contribution in [0.15, 0.2) is 55.0 Å². The predicted octanol–water partition coefficient (Wildman–Crippen LogP) is 3.82. The Morgan fingerprint density at radius 1 is 0.917 bits per heavy atom. The van der Waals surface area contributed by atoms with Crippen LogP contribution in [0.25, 0.3) is 0 Å². The maximum absolute atomic E-state index is 6.08. The van der Waals surface area contributed by atoms with Gasteiger partial charge < -0.3 is 29.5 Å². The van der Waals surface area contributed by atoms with Crippen LogP contribution < -0.4 is 24.6 Å². The number of methoxy groups -OCH3 is 1. The van der Waals surface area contributed by atoms with Gasteiger partial charge in [0.15, 0.2) is 11.5 Å². The molecular formula is C27H35N7O2. The molecule has 0 amide bonds. The average molecular weight is 490 g/mol. The predicted molar refractivity (Wildman–Crippen MR) is 143 cm³/mol. The van der Waals surface area contributed by atoms with E-state index in [9.17, 15) is 0 Å². The summed E-state index contributed by atoms with van der Waals surface area (Å²) in [6.45, 7) is 7.80. The van der Waals surface area contributed by atoms with Gasteiger partial charge in [-0.3, -0.25) is 4.98 Å². The molecule has 4 heterocycles. The highest BCUT2D eigenvalue weighted by atomic mass is 16.5. The molecule has 1 N–H and O–H groups in total. The van der Waals surface area contributed by atoms with Crippen molar-refractivity contribution in [1.82, 2.24) is 19.9 Å². The Hall–Kier alpha value is -3.59. The first-order chi connectivity index (χ1) is 17.8. The van der Waals surface area contributed by atoms with Crippen molar-refractivity contribution in [2.24, 2.45) is 0 Å². The Bertz CT molecular complexity index is 1100. The summed E-state index contributed by atoms with van der Waals surface area (Å²) in [6.07, 6.45) is 9.16. The summed E-state index contributed by atoms with van der Waals surface area (Å²) < 4.78 is 11.6. The molecule has 0 radical (unpaired) electrons. The highest BCUT2D eigenvalue weighted by Gasteiger charge is 2.19. The molecule has 1 aromatic carbocycles. The minimum Gasteiger partial charge on any atom is -0.493 e. The maximum atomic E-state index is 6.08. The van der Waals surface area contributed by atoms with Crippen LogP contribution in [0.5, 0.6) is 11.5 Å². The van der Waals surface area contributed by atoms with Crippen molar-refractivity contribution >= 4 is 23.1 Å². The lowest BCUT2D eigenvalue weighted by molar-refractivity contribution is 0.254. The monoisotopic (exact) mass is 489 g/mol. The molecule has 190 valence electrons. The number of pyridine rings is 1. The summed E-state index contributed by atoms with van der Waals surface area (Å²) in [6, 6.07) is 11.9. The summed E-state index contributed by atoms with van der Waals surface area (Å²) in [7, 11) is 1.67. The second-order valence-electron chi connectivity index (χ2n) is 9.17. The highest BCUT2D eigenvalue weighted by Crippen LogP contribution is 2.31. The summed E-state index contributed by atoms with van der Waals surface area (Å²) in [5.41, 5.74) is 2.03. The molecule has 0 saturated carbocycles. The molecule has 0 aliphatic carbocycles. The van der Waals surface area contributed by atoms with Gasteiger partial charge in [0.2, 0.25) is 5.95 Å². The van der Waals surface area contributed by atoms with Crippen LogP contribution in [-0.4, -0.2) is 79.4 Å². The quantitative estimate of drug-likeness (QED) is 0.428. The molecule has 9 heteroatoms. The lowest BCUT2D eigenvalue weighted by atomic mass is 10.2. The Kier molecular flexibility index (Phi) is 7.97. The number of nitrogens with one attached hydrogen (secondary N) is 1. The number of likely N-dealkylation sites (tertiary alicyclic amines) is 1. The highest BCUT2D eigenvalue weighted by molar-refractivity contribution is 5.60. The molecule has 5 rings (SSSR count). The number of nitrogens with zero attached hydrogens (tertiary/aromatic N) is 6. The topological polar surface area (TPSA) is 78.9 Å². The van der Waals surface area contributed by atoms with Gasteiger partial charge in [0.1, 0.15) is 5.82 Å². The van der Waals surface area contributed by atoms with Gasteiger partial charge in [0, 0.05) is 56.9 Å². The fourth-order valence-electron chi connectivity index (χ4n) is 4.79. The SMILES string of the molecule is COc1ccc(Nc2nccc(N3CCN(c4cccnc4)CC3)n2)cc1OCCCN1CCCC1. The van der Waals surface area contributed by atoms with E-state index in [1.807, 2.05) is 42.7 Å². The van der Waals surface area contributed by atoms with Crippen molar-refractivity contribution in [2.75, 3.05) is 74.6 Å². The van der Waals surface area contributed by atoms with Crippen LogP contribution in [0.3, 0.4) is 0 Å². The number of hydrogen-bond donors (Lipinski definition) is 1. The Morgan fingerprint density at radius 3 is 2.53 bits per heavy atom. The van der Waals surface area contributed by atoms with E-state index in [0.29, 0.717) is 12.6 Å². The molecule has 36 heavy (non-hydrogen) atoms. The molecule has 3 aromatic rings. The largest absolute Gasteiger partial charge is 0.493 e. The summed E-state index contributed by atoms with van der Waals surface area (Å²) in [5, 5.41) is 3.33. The van der Waals surface area contributed by atoms with E-state index < -0.39 is 0 Å². The van der Waals surface area contributed by atoms with E-state index in [2.05, 4.69) is 36.1 Å². The zero-order chi connectivity index (χ0) is 24.6. The molecule has 0 atom stereocenters. The minimum absolute atomic E-state index is 0.562. The fourth-order valence-corrected chi connectivity index (χ4v) is 4.79. The molecule has 2 fully saturated rings. The van der Waals surface area contributed by atoms with Gasteiger partial charge in [-0.15, -0.1) is 0 Å². The molecule has 0 bridgehead atoms. The van der Waals surface area contributed by atoms with E-state index in [-0.39, 0.29) is 0 Å². The van der Waals surface area contributed by atoms with Gasteiger partial charge in [-0.25, -0.2) is 4.98 Å². The number of hydrogen-bond acceptors (Lipinski definition) is 9. The molecule has 2 aliphatic heterocycles.